The van der Waals surface area contributed by atoms with Gasteiger partial charge in [-0.1, -0.05) is 36.6 Å². The molecule has 0 spiro atoms. The molecule has 0 heterocycles. The molecule has 1 fully saturated rings. The fourth-order valence-electron chi connectivity index (χ4n) is 1.55. The van der Waals surface area contributed by atoms with Crippen LogP contribution in [0.5, 0.6) is 0 Å². The van der Waals surface area contributed by atoms with Crippen LogP contribution >= 0.6 is 11.6 Å². The summed E-state index contributed by atoms with van der Waals surface area (Å²) in [5, 5.41) is 0.641. The molecule has 0 unspecified atom stereocenters. The van der Waals surface area contributed by atoms with Crippen LogP contribution in [-0.4, -0.2) is 5.78 Å². The van der Waals surface area contributed by atoms with E-state index in [1.54, 1.807) is 12.1 Å². The van der Waals surface area contributed by atoms with Crippen molar-refractivity contribution in [2.24, 2.45) is 5.92 Å². The van der Waals surface area contributed by atoms with E-state index < -0.39 is 0 Å². The highest BCUT2D eigenvalue weighted by atomic mass is 35.5. The first-order valence-corrected chi connectivity index (χ1v) is 5.42. The van der Waals surface area contributed by atoms with Gasteiger partial charge in [-0.15, -0.1) is 0 Å². The predicted molar refractivity (Wildman–Crippen MR) is 57.7 cm³/mol. The summed E-state index contributed by atoms with van der Waals surface area (Å²) in [6, 6.07) is 7.20. The molecule has 0 saturated heterocycles. The van der Waals surface area contributed by atoms with Crippen molar-refractivity contribution in [1.29, 1.82) is 0 Å². The molecule has 0 aromatic heterocycles. The number of ketones is 1. The largest absolute Gasteiger partial charge is 0.294 e. The number of Topliss-reactive ketones (excluding diaryl/α,β-unsaturated/α-hetero) is 1. The normalized spacial score (nSPS) is 15.5. The van der Waals surface area contributed by atoms with Gasteiger partial charge >= 0.3 is 0 Å². The Morgan fingerprint density at radius 1 is 1.43 bits per heavy atom. The summed E-state index contributed by atoms with van der Waals surface area (Å²) >= 11 is 5.81. The highest BCUT2D eigenvalue weighted by molar-refractivity contribution is 6.31. The van der Waals surface area contributed by atoms with Gasteiger partial charge < -0.3 is 0 Å². The average Bonchev–Trinajstić information content (AvgIpc) is 2.97. The Labute approximate surface area is 89.1 Å². The molecule has 74 valence electrons. The maximum Gasteiger partial charge on any atom is 0.162 e. The Morgan fingerprint density at radius 2 is 2.21 bits per heavy atom. The van der Waals surface area contributed by atoms with Gasteiger partial charge in [0.2, 0.25) is 0 Å². The zero-order chi connectivity index (χ0) is 9.97. The van der Waals surface area contributed by atoms with Crippen molar-refractivity contribution >= 4 is 17.4 Å². The minimum Gasteiger partial charge on any atom is -0.294 e. The standard InChI is InChI=1S/C12H13ClO/c13-11-3-1-2-10(8-11)12(14)7-6-9-4-5-9/h1-3,8-9H,4-7H2. The van der Waals surface area contributed by atoms with Gasteiger partial charge in [-0.25, -0.2) is 0 Å². The van der Waals surface area contributed by atoms with Gasteiger partial charge in [-0.05, 0) is 24.5 Å². The molecule has 1 aromatic carbocycles. The second-order valence-electron chi connectivity index (χ2n) is 3.92. The lowest BCUT2D eigenvalue weighted by Crippen LogP contribution is -1.98. The minimum atomic E-state index is 0.222. The Bertz CT molecular complexity index is 342. The van der Waals surface area contributed by atoms with Crippen molar-refractivity contribution in [3.8, 4) is 0 Å². The summed E-state index contributed by atoms with van der Waals surface area (Å²) in [5.74, 6) is 1.04. The number of hydrogen-bond acceptors (Lipinski definition) is 1. The Kier molecular flexibility index (Phi) is 2.87. The second-order valence-corrected chi connectivity index (χ2v) is 4.35. The van der Waals surface area contributed by atoms with Crippen molar-refractivity contribution in [3.63, 3.8) is 0 Å². The SMILES string of the molecule is O=C(CCC1CC1)c1cccc(Cl)c1. The Balaban J connectivity index is 1.95. The highest BCUT2D eigenvalue weighted by Gasteiger charge is 2.22. The lowest BCUT2D eigenvalue weighted by molar-refractivity contribution is 0.0978. The first-order valence-electron chi connectivity index (χ1n) is 5.04. The molecule has 2 heteroatoms. The van der Waals surface area contributed by atoms with Crippen LogP contribution in [0.15, 0.2) is 24.3 Å². The van der Waals surface area contributed by atoms with E-state index >= 15 is 0 Å². The lowest BCUT2D eigenvalue weighted by Gasteiger charge is -2.00. The van der Waals surface area contributed by atoms with Crippen molar-refractivity contribution in [3.05, 3.63) is 34.9 Å². The molecule has 1 aliphatic rings. The van der Waals surface area contributed by atoms with Crippen LogP contribution in [0.25, 0.3) is 0 Å². The molecular weight excluding hydrogens is 196 g/mol. The third-order valence-corrected chi connectivity index (χ3v) is 2.86. The van der Waals surface area contributed by atoms with Gasteiger partial charge in [0.05, 0.1) is 0 Å². The molecule has 1 aromatic rings. The monoisotopic (exact) mass is 208 g/mol. The van der Waals surface area contributed by atoms with E-state index in [0.29, 0.717) is 11.4 Å². The van der Waals surface area contributed by atoms with Crippen LogP contribution in [0, 0.1) is 5.92 Å². The van der Waals surface area contributed by atoms with E-state index in [0.717, 1.165) is 17.9 Å². The van der Waals surface area contributed by atoms with Crippen molar-refractivity contribution in [1.82, 2.24) is 0 Å². The molecule has 0 atom stereocenters. The highest BCUT2D eigenvalue weighted by Crippen LogP contribution is 2.33. The number of rotatable bonds is 4. The summed E-state index contributed by atoms with van der Waals surface area (Å²) in [6.07, 6.45) is 4.34. The van der Waals surface area contributed by atoms with E-state index in [2.05, 4.69) is 0 Å². The number of carbonyl (C=O) groups excluding carboxylic acids is 1. The number of benzene rings is 1. The first kappa shape index (κ1) is 9.72. The molecule has 1 nitrogen and oxygen atoms in total. The van der Waals surface area contributed by atoms with Crippen LogP contribution in [0.3, 0.4) is 0 Å². The zero-order valence-electron chi connectivity index (χ0n) is 8.00. The molecule has 0 aliphatic heterocycles. The lowest BCUT2D eigenvalue weighted by atomic mass is 10.1. The second kappa shape index (κ2) is 4.14. The van der Waals surface area contributed by atoms with Gasteiger partial charge in [0, 0.05) is 17.0 Å². The maximum atomic E-state index is 11.7. The van der Waals surface area contributed by atoms with Gasteiger partial charge in [-0.2, -0.15) is 0 Å². The molecule has 0 amide bonds. The zero-order valence-corrected chi connectivity index (χ0v) is 8.76. The summed E-state index contributed by atoms with van der Waals surface area (Å²) in [6.45, 7) is 0. The first-order chi connectivity index (χ1) is 6.75. The molecular formula is C12H13ClO. The maximum absolute atomic E-state index is 11.7. The topological polar surface area (TPSA) is 17.1 Å². The quantitative estimate of drug-likeness (QED) is 0.690. The van der Waals surface area contributed by atoms with Crippen LogP contribution in [-0.2, 0) is 0 Å². The molecule has 0 radical (unpaired) electrons. The van der Waals surface area contributed by atoms with E-state index in [1.165, 1.54) is 12.8 Å². The Morgan fingerprint density at radius 3 is 2.86 bits per heavy atom. The Hall–Kier alpha value is -0.820. The molecule has 0 bridgehead atoms. The fraction of sp³-hybridized carbons (Fsp3) is 0.417. The summed E-state index contributed by atoms with van der Waals surface area (Å²) < 4.78 is 0. The average molecular weight is 209 g/mol. The van der Waals surface area contributed by atoms with Gasteiger partial charge in [0.15, 0.2) is 5.78 Å². The van der Waals surface area contributed by atoms with E-state index in [9.17, 15) is 4.79 Å². The third-order valence-electron chi connectivity index (χ3n) is 2.62. The van der Waals surface area contributed by atoms with Crippen molar-refractivity contribution < 1.29 is 4.79 Å². The smallest absolute Gasteiger partial charge is 0.162 e. The van der Waals surface area contributed by atoms with Gasteiger partial charge in [0.25, 0.3) is 0 Å². The van der Waals surface area contributed by atoms with Gasteiger partial charge in [0.1, 0.15) is 0 Å². The molecule has 1 aliphatic carbocycles. The predicted octanol–water partition coefficient (Wildman–Crippen LogP) is 3.71. The van der Waals surface area contributed by atoms with Crippen LogP contribution in [0.1, 0.15) is 36.0 Å². The van der Waals surface area contributed by atoms with E-state index in [1.807, 2.05) is 12.1 Å². The van der Waals surface area contributed by atoms with Crippen LogP contribution in [0.4, 0.5) is 0 Å². The summed E-state index contributed by atoms with van der Waals surface area (Å²) in [4.78, 5) is 11.7. The summed E-state index contributed by atoms with van der Waals surface area (Å²) in [7, 11) is 0. The van der Waals surface area contributed by atoms with Gasteiger partial charge in [-0.3, -0.25) is 4.79 Å². The van der Waals surface area contributed by atoms with Crippen LogP contribution < -0.4 is 0 Å². The molecule has 1 saturated carbocycles. The number of hydrogen-bond donors (Lipinski definition) is 0. The van der Waals surface area contributed by atoms with Crippen LogP contribution in [0.2, 0.25) is 5.02 Å². The third kappa shape index (κ3) is 2.58. The van der Waals surface area contributed by atoms with E-state index in [4.69, 9.17) is 11.6 Å². The fourth-order valence-corrected chi connectivity index (χ4v) is 1.74. The molecule has 14 heavy (non-hydrogen) atoms. The number of halogens is 1. The molecule has 2 rings (SSSR count). The van der Waals surface area contributed by atoms with Crippen molar-refractivity contribution in [2.45, 2.75) is 25.7 Å². The minimum absolute atomic E-state index is 0.222. The number of carbonyl (C=O) groups is 1. The van der Waals surface area contributed by atoms with E-state index in [-0.39, 0.29) is 5.78 Å². The summed E-state index contributed by atoms with van der Waals surface area (Å²) in [5.41, 5.74) is 0.748. The van der Waals surface area contributed by atoms with Crippen molar-refractivity contribution in [2.75, 3.05) is 0 Å². The molecule has 0 N–H and O–H groups in total.